The smallest absolute Gasteiger partial charge is 0.277 e. The van der Waals surface area contributed by atoms with Crippen molar-refractivity contribution in [3.8, 4) is 11.3 Å². The topological polar surface area (TPSA) is 55.1 Å². The van der Waals surface area contributed by atoms with E-state index in [1.54, 1.807) is 30.3 Å². The Hall–Kier alpha value is -2.95. The van der Waals surface area contributed by atoms with Gasteiger partial charge in [0.05, 0.1) is 5.56 Å². The van der Waals surface area contributed by atoms with Gasteiger partial charge in [-0.25, -0.2) is 4.39 Å². The number of amides is 1. The molecule has 1 amide bonds. The number of para-hydroxylation sites is 1. The number of nitrogens with one attached hydrogen (secondary N) is 1. The normalized spacial score (nSPS) is 10.3. The van der Waals surface area contributed by atoms with Crippen LogP contribution in [0.2, 0.25) is 0 Å². The van der Waals surface area contributed by atoms with Crippen molar-refractivity contribution >= 4 is 11.6 Å². The minimum Gasteiger partial charge on any atom is -0.355 e. The molecule has 3 rings (SSSR count). The number of hydrogen-bond donors (Lipinski definition) is 1. The van der Waals surface area contributed by atoms with Gasteiger partial charge in [-0.3, -0.25) is 4.79 Å². The Morgan fingerprint density at radius 3 is 2.52 bits per heavy atom. The third-order valence-electron chi connectivity index (χ3n) is 2.91. The quantitative estimate of drug-likeness (QED) is 0.796. The molecule has 104 valence electrons. The zero-order valence-electron chi connectivity index (χ0n) is 10.9. The number of nitrogens with zero attached hydrogens (tertiary/aromatic N) is 1. The van der Waals surface area contributed by atoms with Gasteiger partial charge in [-0.05, 0) is 24.3 Å². The van der Waals surface area contributed by atoms with E-state index in [1.807, 2.05) is 18.2 Å². The molecular formula is C16H11FN2O2. The van der Waals surface area contributed by atoms with Crippen LogP contribution < -0.4 is 5.32 Å². The first-order chi connectivity index (χ1) is 10.2. The zero-order chi connectivity index (χ0) is 14.7. The highest BCUT2D eigenvalue weighted by Crippen LogP contribution is 2.23. The molecule has 0 unspecified atom stereocenters. The SMILES string of the molecule is O=C(Nc1ccccc1)c1cc(-c2ccccc2F)on1. The van der Waals surface area contributed by atoms with Crippen molar-refractivity contribution in [1.29, 1.82) is 0 Å². The van der Waals surface area contributed by atoms with Crippen LogP contribution in [0.4, 0.5) is 10.1 Å². The summed E-state index contributed by atoms with van der Waals surface area (Å²) < 4.78 is 18.7. The molecule has 1 N–H and O–H groups in total. The van der Waals surface area contributed by atoms with Gasteiger partial charge >= 0.3 is 0 Å². The molecular weight excluding hydrogens is 271 g/mol. The van der Waals surface area contributed by atoms with Gasteiger partial charge in [0.2, 0.25) is 0 Å². The van der Waals surface area contributed by atoms with Crippen molar-refractivity contribution in [2.75, 3.05) is 5.32 Å². The lowest BCUT2D eigenvalue weighted by Crippen LogP contribution is -2.11. The van der Waals surface area contributed by atoms with Crippen LogP contribution in [0.15, 0.2) is 65.2 Å². The molecule has 0 radical (unpaired) electrons. The van der Waals surface area contributed by atoms with Crippen LogP contribution in [0.5, 0.6) is 0 Å². The number of anilines is 1. The van der Waals surface area contributed by atoms with Gasteiger partial charge in [0.1, 0.15) is 5.82 Å². The maximum atomic E-state index is 13.6. The number of carbonyl (C=O) groups excluding carboxylic acids is 1. The van der Waals surface area contributed by atoms with Crippen LogP contribution in [0.1, 0.15) is 10.5 Å². The lowest BCUT2D eigenvalue weighted by Gasteiger charge is -2.00. The van der Waals surface area contributed by atoms with E-state index in [-0.39, 0.29) is 17.0 Å². The summed E-state index contributed by atoms with van der Waals surface area (Å²) in [6.45, 7) is 0. The predicted octanol–water partition coefficient (Wildman–Crippen LogP) is 3.73. The zero-order valence-corrected chi connectivity index (χ0v) is 10.9. The number of hydrogen-bond acceptors (Lipinski definition) is 3. The van der Waals surface area contributed by atoms with E-state index in [9.17, 15) is 9.18 Å². The Kier molecular flexibility index (Phi) is 3.47. The molecule has 0 aliphatic carbocycles. The fraction of sp³-hybridized carbons (Fsp3) is 0. The monoisotopic (exact) mass is 282 g/mol. The van der Waals surface area contributed by atoms with Gasteiger partial charge in [0, 0.05) is 11.8 Å². The summed E-state index contributed by atoms with van der Waals surface area (Å²) >= 11 is 0. The average molecular weight is 282 g/mol. The minimum absolute atomic E-state index is 0.0945. The Balaban J connectivity index is 1.82. The van der Waals surface area contributed by atoms with Crippen molar-refractivity contribution in [3.63, 3.8) is 0 Å². The Morgan fingerprint density at radius 1 is 1.05 bits per heavy atom. The number of benzene rings is 2. The van der Waals surface area contributed by atoms with Gasteiger partial charge in [0.25, 0.3) is 5.91 Å². The Labute approximate surface area is 120 Å². The third-order valence-corrected chi connectivity index (χ3v) is 2.91. The Morgan fingerprint density at radius 2 is 1.76 bits per heavy atom. The van der Waals surface area contributed by atoms with E-state index < -0.39 is 11.7 Å². The first-order valence-corrected chi connectivity index (χ1v) is 6.32. The number of aromatic nitrogens is 1. The molecule has 2 aromatic carbocycles. The number of carbonyl (C=O) groups is 1. The summed E-state index contributed by atoms with van der Waals surface area (Å²) in [5.41, 5.74) is 1.01. The van der Waals surface area contributed by atoms with Crippen LogP contribution in [-0.4, -0.2) is 11.1 Å². The standard InChI is InChI=1S/C16H11FN2O2/c17-13-9-5-4-8-12(13)15-10-14(19-21-15)16(20)18-11-6-2-1-3-7-11/h1-10H,(H,18,20). The van der Waals surface area contributed by atoms with Crippen molar-refractivity contribution < 1.29 is 13.7 Å². The molecule has 4 nitrogen and oxygen atoms in total. The lowest BCUT2D eigenvalue weighted by atomic mass is 10.1. The van der Waals surface area contributed by atoms with E-state index in [0.29, 0.717) is 5.69 Å². The molecule has 0 saturated heterocycles. The molecule has 0 atom stereocenters. The Bertz CT molecular complexity index is 769. The number of rotatable bonds is 3. The van der Waals surface area contributed by atoms with Crippen molar-refractivity contribution in [1.82, 2.24) is 5.16 Å². The molecule has 0 fully saturated rings. The summed E-state index contributed by atoms with van der Waals surface area (Å²) in [6, 6.07) is 16.6. The minimum atomic E-state index is -0.427. The summed E-state index contributed by atoms with van der Waals surface area (Å²) in [5, 5.41) is 6.36. The molecule has 0 saturated carbocycles. The van der Waals surface area contributed by atoms with Gasteiger partial charge in [-0.1, -0.05) is 35.5 Å². The van der Waals surface area contributed by atoms with Crippen molar-refractivity contribution in [3.05, 3.63) is 72.2 Å². The van der Waals surface area contributed by atoms with Crippen LogP contribution in [0, 0.1) is 5.82 Å². The molecule has 1 aromatic heterocycles. The number of halogens is 1. The highest BCUT2D eigenvalue weighted by atomic mass is 19.1. The van der Waals surface area contributed by atoms with Gasteiger partial charge in [-0.15, -0.1) is 0 Å². The summed E-state index contributed by atoms with van der Waals surface area (Å²) in [5.74, 6) is -0.623. The highest BCUT2D eigenvalue weighted by Gasteiger charge is 2.15. The molecule has 0 aliphatic rings. The fourth-order valence-corrected chi connectivity index (χ4v) is 1.89. The maximum Gasteiger partial charge on any atom is 0.277 e. The summed E-state index contributed by atoms with van der Waals surface area (Å²) in [6.07, 6.45) is 0. The summed E-state index contributed by atoms with van der Waals surface area (Å²) in [4.78, 5) is 12.0. The molecule has 1 heterocycles. The van der Waals surface area contributed by atoms with Crippen LogP contribution in [-0.2, 0) is 0 Å². The molecule has 0 bridgehead atoms. The third kappa shape index (κ3) is 2.81. The average Bonchev–Trinajstić information content (AvgIpc) is 2.98. The molecule has 3 aromatic rings. The van der Waals surface area contributed by atoms with Crippen molar-refractivity contribution in [2.24, 2.45) is 0 Å². The summed E-state index contributed by atoms with van der Waals surface area (Å²) in [7, 11) is 0. The highest BCUT2D eigenvalue weighted by molar-refractivity contribution is 6.03. The van der Waals surface area contributed by atoms with Crippen LogP contribution >= 0.6 is 0 Å². The second kappa shape index (κ2) is 5.58. The second-order valence-corrected chi connectivity index (χ2v) is 4.38. The lowest BCUT2D eigenvalue weighted by molar-refractivity contribution is 0.101. The molecule has 21 heavy (non-hydrogen) atoms. The van der Waals surface area contributed by atoms with E-state index >= 15 is 0 Å². The van der Waals surface area contributed by atoms with Gasteiger partial charge < -0.3 is 9.84 Å². The largest absolute Gasteiger partial charge is 0.355 e. The molecule has 0 spiro atoms. The van der Waals surface area contributed by atoms with Crippen LogP contribution in [0.3, 0.4) is 0 Å². The van der Waals surface area contributed by atoms with E-state index in [1.165, 1.54) is 12.1 Å². The fourth-order valence-electron chi connectivity index (χ4n) is 1.89. The van der Waals surface area contributed by atoms with E-state index in [4.69, 9.17) is 4.52 Å². The van der Waals surface area contributed by atoms with Gasteiger partial charge in [-0.2, -0.15) is 0 Å². The maximum absolute atomic E-state index is 13.6. The first kappa shape index (κ1) is 13.1. The molecule has 0 aliphatic heterocycles. The van der Waals surface area contributed by atoms with Crippen LogP contribution in [0.25, 0.3) is 11.3 Å². The van der Waals surface area contributed by atoms with E-state index in [0.717, 1.165) is 0 Å². The van der Waals surface area contributed by atoms with Crippen molar-refractivity contribution in [2.45, 2.75) is 0 Å². The molecule has 5 heteroatoms. The van der Waals surface area contributed by atoms with Gasteiger partial charge in [0.15, 0.2) is 11.5 Å². The predicted molar refractivity (Wildman–Crippen MR) is 76.3 cm³/mol. The second-order valence-electron chi connectivity index (χ2n) is 4.38. The first-order valence-electron chi connectivity index (χ1n) is 6.32. The van der Waals surface area contributed by atoms with E-state index in [2.05, 4.69) is 10.5 Å².